The van der Waals surface area contributed by atoms with Crippen LogP contribution in [0.15, 0.2) is 18.2 Å². The molecule has 0 heterocycles. The molecule has 0 bridgehead atoms. The van der Waals surface area contributed by atoms with Crippen LogP contribution < -0.4 is 5.73 Å². The lowest BCUT2D eigenvalue weighted by molar-refractivity contribution is 0.0696. The summed E-state index contributed by atoms with van der Waals surface area (Å²) < 4.78 is 12.6. The number of halogens is 1. The molecule has 1 aromatic carbocycles. The highest BCUT2D eigenvalue weighted by Crippen LogP contribution is 2.11. The van der Waals surface area contributed by atoms with Crippen LogP contribution in [0.25, 0.3) is 0 Å². The van der Waals surface area contributed by atoms with E-state index in [4.69, 9.17) is 10.8 Å². The normalized spacial score (nSPS) is 9.62. The zero-order chi connectivity index (χ0) is 10.0. The van der Waals surface area contributed by atoms with Crippen molar-refractivity contribution in [3.63, 3.8) is 0 Å². The van der Waals surface area contributed by atoms with E-state index in [9.17, 15) is 9.18 Å². The molecular weight excluding hydrogens is 193 g/mol. The van der Waals surface area contributed by atoms with Gasteiger partial charge in [0.15, 0.2) is 0 Å². The number of aromatic carboxylic acids is 1. The molecule has 3 nitrogen and oxygen atoms in total. The molecule has 0 atom stereocenters. The molecule has 0 saturated heterocycles. The van der Waals surface area contributed by atoms with Crippen LogP contribution in [0.3, 0.4) is 0 Å². The van der Waals surface area contributed by atoms with Crippen molar-refractivity contribution in [3.05, 3.63) is 35.1 Å². The maximum Gasteiger partial charge on any atom is 0.336 e. The maximum atomic E-state index is 12.6. The van der Waals surface area contributed by atoms with Gasteiger partial charge in [-0.05, 0) is 18.2 Å². The maximum absolute atomic E-state index is 12.6. The Morgan fingerprint density at radius 1 is 1.46 bits per heavy atom. The number of hydrogen-bond acceptors (Lipinski definition) is 2. The Labute approximate surface area is 79.0 Å². The summed E-state index contributed by atoms with van der Waals surface area (Å²) in [7, 11) is 0. The molecule has 0 amide bonds. The number of rotatable bonds is 2. The number of carboxylic acid groups (broad SMARTS) is 1. The first kappa shape index (κ1) is 9.60. The van der Waals surface area contributed by atoms with Gasteiger partial charge in [0.25, 0.3) is 0 Å². The second kappa shape index (κ2) is 3.49. The summed E-state index contributed by atoms with van der Waals surface area (Å²) >= 11 is 4.60. The summed E-state index contributed by atoms with van der Waals surface area (Å²) in [4.78, 5) is 10.5. The van der Waals surface area contributed by atoms with Crippen LogP contribution in [0.5, 0.6) is 0 Å². The lowest BCUT2D eigenvalue weighted by Gasteiger charge is -2.02. The Bertz CT molecular complexity index is 378. The Morgan fingerprint density at radius 2 is 2.08 bits per heavy atom. The van der Waals surface area contributed by atoms with Crippen molar-refractivity contribution in [3.8, 4) is 0 Å². The van der Waals surface area contributed by atoms with Crippen molar-refractivity contribution in [2.24, 2.45) is 5.73 Å². The molecule has 68 valence electrons. The molecule has 0 aromatic heterocycles. The molecule has 3 N–H and O–H groups in total. The summed E-state index contributed by atoms with van der Waals surface area (Å²) in [6.45, 7) is 0. The highest BCUT2D eigenvalue weighted by molar-refractivity contribution is 7.80. The molecule has 13 heavy (non-hydrogen) atoms. The van der Waals surface area contributed by atoms with Crippen molar-refractivity contribution in [2.75, 3.05) is 0 Å². The molecule has 0 radical (unpaired) electrons. The number of nitrogens with two attached hydrogens (primary N) is 1. The van der Waals surface area contributed by atoms with E-state index < -0.39 is 11.8 Å². The van der Waals surface area contributed by atoms with Crippen molar-refractivity contribution in [1.29, 1.82) is 0 Å². The summed E-state index contributed by atoms with van der Waals surface area (Å²) in [6.07, 6.45) is 0. The zero-order valence-corrected chi connectivity index (χ0v) is 7.27. The van der Waals surface area contributed by atoms with Gasteiger partial charge in [0.2, 0.25) is 0 Å². The first-order valence-electron chi connectivity index (χ1n) is 3.35. The van der Waals surface area contributed by atoms with Gasteiger partial charge in [0.05, 0.1) is 5.56 Å². The SMILES string of the molecule is NC(=S)c1ccc(F)cc1C(=O)O. The van der Waals surface area contributed by atoms with Gasteiger partial charge in [-0.3, -0.25) is 0 Å². The third-order valence-corrected chi connectivity index (χ3v) is 1.70. The summed E-state index contributed by atoms with van der Waals surface area (Å²) in [5.41, 5.74) is 5.20. The lowest BCUT2D eigenvalue weighted by Crippen LogP contribution is -2.15. The van der Waals surface area contributed by atoms with E-state index >= 15 is 0 Å². The molecule has 1 aromatic rings. The van der Waals surface area contributed by atoms with Crippen LogP contribution in [0, 0.1) is 5.82 Å². The van der Waals surface area contributed by atoms with E-state index in [0.717, 1.165) is 12.1 Å². The minimum absolute atomic E-state index is 0.0580. The quantitative estimate of drug-likeness (QED) is 0.701. The minimum Gasteiger partial charge on any atom is -0.478 e. The highest BCUT2D eigenvalue weighted by Gasteiger charge is 2.12. The predicted octanol–water partition coefficient (Wildman–Crippen LogP) is 1.16. The predicted molar refractivity (Wildman–Crippen MR) is 49.2 cm³/mol. The fraction of sp³-hybridized carbons (Fsp3) is 0. The van der Waals surface area contributed by atoms with Crippen molar-refractivity contribution >= 4 is 23.2 Å². The molecule has 0 aliphatic carbocycles. The number of carboxylic acids is 1. The second-order valence-electron chi connectivity index (χ2n) is 2.36. The minimum atomic E-state index is -1.25. The first-order valence-corrected chi connectivity index (χ1v) is 3.76. The molecule has 0 aliphatic heterocycles. The van der Waals surface area contributed by atoms with E-state index in [2.05, 4.69) is 12.2 Å². The Morgan fingerprint density at radius 3 is 2.54 bits per heavy atom. The molecule has 0 aliphatic rings. The molecule has 0 spiro atoms. The van der Waals surface area contributed by atoms with Crippen LogP contribution >= 0.6 is 12.2 Å². The van der Waals surface area contributed by atoms with Gasteiger partial charge in [0, 0.05) is 5.56 Å². The highest BCUT2D eigenvalue weighted by atomic mass is 32.1. The summed E-state index contributed by atoms with van der Waals surface area (Å²) in [5.74, 6) is -1.88. The second-order valence-corrected chi connectivity index (χ2v) is 2.80. The van der Waals surface area contributed by atoms with Crippen LogP contribution in [-0.4, -0.2) is 16.1 Å². The fourth-order valence-corrected chi connectivity index (χ4v) is 1.09. The van der Waals surface area contributed by atoms with E-state index in [0.29, 0.717) is 0 Å². The third-order valence-electron chi connectivity index (χ3n) is 1.48. The van der Waals surface area contributed by atoms with Crippen LogP contribution in [0.2, 0.25) is 0 Å². The number of carbonyl (C=O) groups is 1. The van der Waals surface area contributed by atoms with Crippen molar-refractivity contribution < 1.29 is 14.3 Å². The van der Waals surface area contributed by atoms with Gasteiger partial charge in [-0.2, -0.15) is 0 Å². The zero-order valence-electron chi connectivity index (χ0n) is 6.45. The fourth-order valence-electron chi connectivity index (χ4n) is 0.908. The van der Waals surface area contributed by atoms with E-state index in [1.807, 2.05) is 0 Å². The van der Waals surface area contributed by atoms with Gasteiger partial charge in [-0.25, -0.2) is 9.18 Å². The molecule has 1 rings (SSSR count). The third kappa shape index (κ3) is 2.00. The van der Waals surface area contributed by atoms with Gasteiger partial charge in [0.1, 0.15) is 10.8 Å². The Hall–Kier alpha value is -1.49. The number of thiocarbonyl (C=S) groups is 1. The summed E-state index contributed by atoms with van der Waals surface area (Å²) in [5, 5.41) is 8.66. The number of hydrogen-bond donors (Lipinski definition) is 2. The van der Waals surface area contributed by atoms with E-state index in [1.165, 1.54) is 6.07 Å². The Balaban J connectivity index is 3.35. The van der Waals surface area contributed by atoms with Gasteiger partial charge in [-0.1, -0.05) is 12.2 Å². The molecule has 0 fully saturated rings. The largest absolute Gasteiger partial charge is 0.478 e. The molecular formula is C8H6FNO2S. The molecule has 0 saturated carbocycles. The summed E-state index contributed by atoms with van der Waals surface area (Å²) in [6, 6.07) is 3.25. The van der Waals surface area contributed by atoms with Gasteiger partial charge in [-0.15, -0.1) is 0 Å². The van der Waals surface area contributed by atoms with Gasteiger partial charge >= 0.3 is 5.97 Å². The van der Waals surface area contributed by atoms with Crippen LogP contribution in [0.4, 0.5) is 4.39 Å². The molecule has 5 heteroatoms. The first-order chi connectivity index (χ1) is 6.02. The Kier molecular flexibility index (Phi) is 2.57. The van der Waals surface area contributed by atoms with Crippen molar-refractivity contribution in [1.82, 2.24) is 0 Å². The van der Waals surface area contributed by atoms with Crippen LogP contribution in [0.1, 0.15) is 15.9 Å². The average Bonchev–Trinajstić information content (AvgIpc) is 2.03. The monoisotopic (exact) mass is 199 g/mol. The lowest BCUT2D eigenvalue weighted by atomic mass is 10.1. The standard InChI is InChI=1S/C8H6FNO2S/c9-4-1-2-5(7(10)13)6(3-4)8(11)12/h1-3H,(H2,10,13)(H,11,12). The van der Waals surface area contributed by atoms with Gasteiger partial charge < -0.3 is 10.8 Å². The number of benzene rings is 1. The van der Waals surface area contributed by atoms with E-state index in [-0.39, 0.29) is 16.1 Å². The van der Waals surface area contributed by atoms with Crippen molar-refractivity contribution in [2.45, 2.75) is 0 Å². The van der Waals surface area contributed by atoms with E-state index in [1.54, 1.807) is 0 Å². The topological polar surface area (TPSA) is 63.3 Å². The average molecular weight is 199 g/mol. The smallest absolute Gasteiger partial charge is 0.336 e. The van der Waals surface area contributed by atoms with Crippen LogP contribution in [-0.2, 0) is 0 Å². The molecule has 0 unspecified atom stereocenters.